The summed E-state index contributed by atoms with van der Waals surface area (Å²) in [6.45, 7) is 0.628. The molecule has 0 aliphatic rings. The molecule has 2 aromatic carbocycles. The highest BCUT2D eigenvalue weighted by Gasteiger charge is 2.09. The number of anilines is 1. The summed E-state index contributed by atoms with van der Waals surface area (Å²) in [6.07, 6.45) is 4.87. The quantitative estimate of drug-likeness (QED) is 0.235. The Morgan fingerprint density at radius 1 is 1.13 bits per heavy atom. The van der Waals surface area contributed by atoms with Crippen LogP contribution in [0.1, 0.15) is 11.1 Å². The normalized spacial score (nSPS) is 11.3. The van der Waals surface area contributed by atoms with E-state index in [9.17, 15) is 10.1 Å². The largest absolute Gasteiger partial charge is 0.342 e. The second-order valence-electron chi connectivity index (χ2n) is 6.51. The molecule has 0 spiro atoms. The molecule has 0 bridgehead atoms. The predicted molar refractivity (Wildman–Crippen MR) is 120 cm³/mol. The van der Waals surface area contributed by atoms with Crippen molar-refractivity contribution in [3.05, 3.63) is 98.3 Å². The van der Waals surface area contributed by atoms with E-state index >= 15 is 0 Å². The predicted octanol–water partition coefficient (Wildman–Crippen LogP) is 5.75. The van der Waals surface area contributed by atoms with Gasteiger partial charge in [-0.2, -0.15) is 5.10 Å². The highest BCUT2D eigenvalue weighted by Crippen LogP contribution is 2.25. The lowest BCUT2D eigenvalue weighted by molar-refractivity contribution is -0.385. The zero-order chi connectivity index (χ0) is 21.1. The Labute approximate surface area is 181 Å². The van der Waals surface area contributed by atoms with Gasteiger partial charge in [0.15, 0.2) is 0 Å². The monoisotopic (exact) mass is 439 g/mol. The third-order valence-corrected chi connectivity index (χ3v) is 5.24. The SMILES string of the molecule is O=[N+]([O-])c1ccc(N/N=C/c2cn(Cc3ccc(Cl)c(Cl)c3)c3ccccc23)nc1. The van der Waals surface area contributed by atoms with Gasteiger partial charge in [0.1, 0.15) is 12.0 Å². The zero-order valence-electron chi connectivity index (χ0n) is 15.5. The Morgan fingerprint density at radius 2 is 1.97 bits per heavy atom. The molecule has 0 amide bonds. The minimum atomic E-state index is -0.497. The minimum absolute atomic E-state index is 0.0742. The summed E-state index contributed by atoms with van der Waals surface area (Å²) in [6, 6.07) is 16.5. The molecule has 30 heavy (non-hydrogen) atoms. The fraction of sp³-hybridized carbons (Fsp3) is 0.0476. The summed E-state index contributed by atoms with van der Waals surface area (Å²) >= 11 is 12.2. The van der Waals surface area contributed by atoms with Gasteiger partial charge in [0.25, 0.3) is 5.69 Å². The topological polar surface area (TPSA) is 85.4 Å². The lowest BCUT2D eigenvalue weighted by Crippen LogP contribution is -1.98. The first-order valence-electron chi connectivity index (χ1n) is 8.92. The first-order valence-corrected chi connectivity index (χ1v) is 9.68. The molecule has 0 saturated carbocycles. The summed E-state index contributed by atoms with van der Waals surface area (Å²) in [7, 11) is 0. The molecular formula is C21H15Cl2N5O2. The Morgan fingerprint density at radius 3 is 2.70 bits per heavy atom. The molecule has 150 valence electrons. The van der Waals surface area contributed by atoms with Crippen molar-refractivity contribution in [2.24, 2.45) is 5.10 Å². The van der Waals surface area contributed by atoms with Gasteiger partial charge in [0, 0.05) is 35.3 Å². The second kappa shape index (κ2) is 8.52. The number of nitrogens with zero attached hydrogens (tertiary/aromatic N) is 4. The van der Waals surface area contributed by atoms with Crippen molar-refractivity contribution in [3.63, 3.8) is 0 Å². The van der Waals surface area contributed by atoms with Gasteiger partial charge in [0.05, 0.1) is 21.2 Å². The van der Waals surface area contributed by atoms with Gasteiger partial charge in [-0.3, -0.25) is 15.5 Å². The number of aromatic nitrogens is 2. The van der Waals surface area contributed by atoms with Crippen LogP contribution >= 0.6 is 23.2 Å². The average Bonchev–Trinajstić information content (AvgIpc) is 3.09. The molecule has 0 fully saturated rings. The van der Waals surface area contributed by atoms with E-state index in [0.717, 1.165) is 22.0 Å². The number of nitro groups is 1. The smallest absolute Gasteiger partial charge is 0.287 e. The molecule has 0 aliphatic carbocycles. The van der Waals surface area contributed by atoms with Crippen LogP contribution < -0.4 is 5.43 Å². The van der Waals surface area contributed by atoms with Crippen molar-refractivity contribution in [1.82, 2.24) is 9.55 Å². The fourth-order valence-corrected chi connectivity index (χ4v) is 3.39. The van der Waals surface area contributed by atoms with Gasteiger partial charge in [-0.05, 0) is 29.8 Å². The standard InChI is InChI=1S/C21H15Cl2N5O2/c22-18-7-5-14(9-19(18)23)12-27-13-15(17-3-1-2-4-20(17)27)10-25-26-21-8-6-16(11-24-21)28(29)30/h1-11,13H,12H2,(H,24,26)/b25-10+. The highest BCUT2D eigenvalue weighted by molar-refractivity contribution is 6.42. The molecule has 7 nitrogen and oxygen atoms in total. The van der Waals surface area contributed by atoms with E-state index in [-0.39, 0.29) is 5.69 Å². The number of rotatable bonds is 6. The molecular weight excluding hydrogens is 425 g/mol. The molecule has 1 N–H and O–H groups in total. The van der Waals surface area contributed by atoms with Crippen LogP contribution in [0.2, 0.25) is 10.0 Å². The maximum absolute atomic E-state index is 10.7. The molecule has 0 atom stereocenters. The van der Waals surface area contributed by atoms with Crippen LogP contribution in [0.5, 0.6) is 0 Å². The zero-order valence-corrected chi connectivity index (χ0v) is 17.0. The van der Waals surface area contributed by atoms with Gasteiger partial charge < -0.3 is 4.57 Å². The number of hydrogen-bond acceptors (Lipinski definition) is 5. The second-order valence-corrected chi connectivity index (χ2v) is 7.32. The molecule has 2 heterocycles. The first kappa shape index (κ1) is 19.9. The first-order chi connectivity index (χ1) is 14.5. The number of fused-ring (bicyclic) bond motifs is 1. The molecule has 4 rings (SSSR count). The van der Waals surface area contributed by atoms with Crippen LogP contribution in [-0.4, -0.2) is 20.7 Å². The van der Waals surface area contributed by atoms with Crippen LogP contribution in [0, 0.1) is 10.1 Å². The van der Waals surface area contributed by atoms with E-state index in [2.05, 4.69) is 20.1 Å². The Bertz CT molecular complexity index is 1250. The number of halogens is 2. The van der Waals surface area contributed by atoms with Crippen LogP contribution in [0.4, 0.5) is 11.5 Å². The molecule has 0 radical (unpaired) electrons. The van der Waals surface area contributed by atoms with Crippen LogP contribution in [-0.2, 0) is 6.54 Å². The minimum Gasteiger partial charge on any atom is -0.342 e. The maximum Gasteiger partial charge on any atom is 0.287 e. The number of nitrogens with one attached hydrogen (secondary N) is 1. The molecule has 0 aliphatic heterocycles. The number of para-hydroxylation sites is 1. The Balaban J connectivity index is 1.57. The lowest BCUT2D eigenvalue weighted by Gasteiger charge is -2.06. The van der Waals surface area contributed by atoms with Crippen LogP contribution in [0.15, 0.2) is 72.1 Å². The van der Waals surface area contributed by atoms with E-state index in [1.807, 2.05) is 42.6 Å². The lowest BCUT2D eigenvalue weighted by atomic mass is 10.2. The van der Waals surface area contributed by atoms with E-state index in [0.29, 0.717) is 22.4 Å². The van der Waals surface area contributed by atoms with Gasteiger partial charge in [-0.1, -0.05) is 47.5 Å². The van der Waals surface area contributed by atoms with E-state index in [4.69, 9.17) is 23.2 Å². The van der Waals surface area contributed by atoms with Gasteiger partial charge in [-0.15, -0.1) is 0 Å². The van der Waals surface area contributed by atoms with E-state index in [1.165, 1.54) is 18.3 Å². The summed E-state index contributed by atoms with van der Waals surface area (Å²) in [5, 5.41) is 17.0. The maximum atomic E-state index is 10.7. The average molecular weight is 440 g/mol. The van der Waals surface area contributed by atoms with Crippen molar-refractivity contribution in [2.45, 2.75) is 6.54 Å². The van der Waals surface area contributed by atoms with Crippen molar-refractivity contribution < 1.29 is 4.92 Å². The molecule has 9 heteroatoms. The van der Waals surface area contributed by atoms with Crippen molar-refractivity contribution >= 4 is 51.8 Å². The van der Waals surface area contributed by atoms with Crippen LogP contribution in [0.3, 0.4) is 0 Å². The number of hydrazone groups is 1. The number of pyridine rings is 1. The van der Waals surface area contributed by atoms with E-state index in [1.54, 1.807) is 12.3 Å². The number of hydrogen-bond donors (Lipinski definition) is 1. The summed E-state index contributed by atoms with van der Waals surface area (Å²) in [5.74, 6) is 0.413. The molecule has 0 unspecified atom stereocenters. The third-order valence-electron chi connectivity index (χ3n) is 4.50. The van der Waals surface area contributed by atoms with Gasteiger partial charge >= 0.3 is 0 Å². The van der Waals surface area contributed by atoms with Crippen molar-refractivity contribution in [3.8, 4) is 0 Å². The van der Waals surface area contributed by atoms with Gasteiger partial charge in [-0.25, -0.2) is 4.98 Å². The fourth-order valence-electron chi connectivity index (χ4n) is 3.07. The Hall–Kier alpha value is -3.42. The highest BCUT2D eigenvalue weighted by atomic mass is 35.5. The van der Waals surface area contributed by atoms with Crippen molar-refractivity contribution in [1.29, 1.82) is 0 Å². The summed E-state index contributed by atoms with van der Waals surface area (Å²) < 4.78 is 2.11. The van der Waals surface area contributed by atoms with E-state index < -0.39 is 4.92 Å². The van der Waals surface area contributed by atoms with Crippen LogP contribution in [0.25, 0.3) is 10.9 Å². The number of benzene rings is 2. The third kappa shape index (κ3) is 4.27. The van der Waals surface area contributed by atoms with Crippen molar-refractivity contribution in [2.75, 3.05) is 5.43 Å². The molecule has 2 aromatic heterocycles. The molecule has 4 aromatic rings. The molecule has 0 saturated heterocycles. The van der Waals surface area contributed by atoms with Gasteiger partial charge in [0.2, 0.25) is 0 Å². The summed E-state index contributed by atoms with van der Waals surface area (Å²) in [5.41, 5.74) is 5.72. The Kier molecular flexibility index (Phi) is 5.65. The summed E-state index contributed by atoms with van der Waals surface area (Å²) in [4.78, 5) is 14.2.